The van der Waals surface area contributed by atoms with Gasteiger partial charge in [-0.1, -0.05) is 53.7 Å². The maximum absolute atomic E-state index is 12.2. The summed E-state index contributed by atoms with van der Waals surface area (Å²) < 4.78 is 1.47. The molecule has 207 valence electrons. The van der Waals surface area contributed by atoms with Crippen LogP contribution in [0.5, 0.6) is 0 Å². The van der Waals surface area contributed by atoms with Crippen molar-refractivity contribution >= 4 is 10.0 Å². The van der Waals surface area contributed by atoms with Crippen LogP contribution in [0.4, 0.5) is 0 Å². The summed E-state index contributed by atoms with van der Waals surface area (Å²) in [5, 5.41) is 0. The first-order valence-corrected chi connectivity index (χ1v) is 15.4. The topological polar surface area (TPSA) is 17.1 Å². The Morgan fingerprint density at radius 2 is 1.47 bits per heavy atom. The van der Waals surface area contributed by atoms with Crippen molar-refractivity contribution in [2.75, 3.05) is 0 Å². The second kappa shape index (κ2) is 10.9. The predicted octanol–water partition coefficient (Wildman–Crippen LogP) is 9.87. The number of benzene rings is 1. The molecule has 0 saturated heterocycles. The molecule has 0 spiro atoms. The van der Waals surface area contributed by atoms with E-state index in [-0.39, 0.29) is 33.4 Å². The van der Waals surface area contributed by atoms with Crippen LogP contribution in [0.2, 0.25) is 0 Å². The number of carbonyl (C=O) groups is 1. The van der Waals surface area contributed by atoms with Gasteiger partial charge in [-0.25, -0.2) is 0 Å². The first-order chi connectivity index (χ1) is 17.4. The third kappa shape index (κ3) is 5.71. The van der Waals surface area contributed by atoms with Crippen LogP contribution in [0, 0.1) is 22.7 Å². The fraction of sp³-hybridized carbons (Fsp3) is 0.611. The Morgan fingerprint density at radius 3 is 2.03 bits per heavy atom. The van der Waals surface area contributed by atoms with E-state index in [0.717, 1.165) is 18.4 Å². The van der Waals surface area contributed by atoms with Crippen molar-refractivity contribution in [2.45, 2.75) is 120 Å². The monoisotopic (exact) mass is 551 g/mol. The molecule has 1 nitrogen and oxygen atoms in total. The second-order valence-electron chi connectivity index (χ2n) is 14.6. The summed E-state index contributed by atoms with van der Waals surface area (Å²) >= 11 is 2.77. The molecule has 0 aliphatic heterocycles. The Kier molecular flexibility index (Phi) is 8.88. The van der Waals surface area contributed by atoms with Crippen molar-refractivity contribution in [2.24, 2.45) is 22.7 Å². The summed E-state index contributed by atoms with van der Waals surface area (Å²) in [6.07, 6.45) is 11.8. The fourth-order valence-corrected chi connectivity index (χ4v) is 6.91. The standard InChI is InChI=1S/C18H26O.C18H26.V/c1-12(2)16(19)13-7-8-14-15(11-13)18(5,6)10-9-17(14,3)4;1-7-9-14-10-8-11-15-16(12-14)18(5,6)13(2)17(15,3)4;/h7-8,11-12H,9-10H2,1-6H3;8,11-13H,7,10H2,1-6H3;. The molecule has 1 aromatic carbocycles. The van der Waals surface area contributed by atoms with Gasteiger partial charge >= 0.3 is 127 Å². The fourth-order valence-electron chi connectivity index (χ4n) is 6.67. The minimum atomic E-state index is 0.0674. The quantitative estimate of drug-likeness (QED) is 0.340. The molecule has 0 N–H and O–H groups in total. The van der Waals surface area contributed by atoms with Crippen molar-refractivity contribution in [1.82, 2.24) is 0 Å². The van der Waals surface area contributed by atoms with Crippen molar-refractivity contribution in [1.29, 1.82) is 0 Å². The van der Waals surface area contributed by atoms with Crippen LogP contribution in [0.25, 0.3) is 0 Å². The number of rotatable bonds is 4. The molecule has 0 amide bonds. The summed E-state index contributed by atoms with van der Waals surface area (Å²) in [4.78, 5) is 12.2. The van der Waals surface area contributed by atoms with Crippen LogP contribution < -0.4 is 0 Å². The summed E-state index contributed by atoms with van der Waals surface area (Å²) in [7, 11) is 0. The number of ketones is 1. The van der Waals surface area contributed by atoms with Gasteiger partial charge < -0.3 is 0 Å². The molecular weight excluding hydrogens is 499 g/mol. The molecular formula is C36H52OV. The van der Waals surface area contributed by atoms with Crippen LogP contribution in [-0.2, 0) is 27.8 Å². The zero-order valence-electron chi connectivity index (χ0n) is 26.3. The molecule has 0 fully saturated rings. The first-order valence-electron chi connectivity index (χ1n) is 14.7. The molecule has 0 radical (unpaired) electrons. The van der Waals surface area contributed by atoms with Gasteiger partial charge in [0.1, 0.15) is 0 Å². The molecule has 1 unspecified atom stereocenters. The van der Waals surface area contributed by atoms with Gasteiger partial charge in [-0.3, -0.25) is 4.79 Å². The molecule has 1 atom stereocenters. The average Bonchev–Trinajstić information content (AvgIpc) is 3.03. The average molecular weight is 552 g/mol. The van der Waals surface area contributed by atoms with Gasteiger partial charge in [0.25, 0.3) is 0 Å². The van der Waals surface area contributed by atoms with Gasteiger partial charge in [0.15, 0.2) is 5.78 Å². The number of hydrogen-bond acceptors (Lipinski definition) is 1. The summed E-state index contributed by atoms with van der Waals surface area (Å²) in [6.45, 7) is 27.4. The predicted molar refractivity (Wildman–Crippen MR) is 162 cm³/mol. The maximum atomic E-state index is 12.2. The van der Waals surface area contributed by atoms with E-state index in [0.29, 0.717) is 5.92 Å². The number of allylic oxidation sites excluding steroid dienone is 6. The zero-order chi connectivity index (χ0) is 28.8. The van der Waals surface area contributed by atoms with E-state index in [1.54, 1.807) is 11.1 Å². The Labute approximate surface area is 243 Å². The van der Waals surface area contributed by atoms with Gasteiger partial charge in [-0.05, 0) is 40.9 Å². The summed E-state index contributed by atoms with van der Waals surface area (Å²) in [6, 6.07) is 6.36. The van der Waals surface area contributed by atoms with E-state index >= 15 is 0 Å². The van der Waals surface area contributed by atoms with E-state index in [9.17, 15) is 4.79 Å². The molecule has 0 aromatic heterocycles. The zero-order valence-corrected chi connectivity index (χ0v) is 27.7. The molecule has 0 saturated carbocycles. The van der Waals surface area contributed by atoms with Crippen LogP contribution in [0.3, 0.4) is 0 Å². The number of fused-ring (bicyclic) bond motifs is 1. The molecule has 38 heavy (non-hydrogen) atoms. The minimum absolute atomic E-state index is 0.0674. The number of carbonyl (C=O) groups excluding carboxylic acids is 1. The Bertz CT molecular complexity index is 1200. The normalized spacial score (nSPS) is 24.0. The van der Waals surface area contributed by atoms with Gasteiger partial charge in [0.2, 0.25) is 0 Å². The number of Topliss-reactive ketones (excluding diaryl/α,β-unsaturated/α-hetero) is 1. The van der Waals surface area contributed by atoms with Crippen molar-refractivity contribution in [3.8, 4) is 0 Å². The third-order valence-corrected chi connectivity index (χ3v) is 11.1. The molecule has 0 bridgehead atoms. The van der Waals surface area contributed by atoms with E-state index in [2.05, 4.69) is 117 Å². The van der Waals surface area contributed by atoms with Crippen molar-refractivity contribution in [3.05, 3.63) is 69.8 Å². The van der Waals surface area contributed by atoms with Crippen LogP contribution >= 0.6 is 0 Å². The number of hydrogen-bond donors (Lipinski definition) is 0. The van der Waals surface area contributed by atoms with Gasteiger partial charge in [-0.2, -0.15) is 0 Å². The second-order valence-corrected chi connectivity index (χ2v) is 15.5. The van der Waals surface area contributed by atoms with Crippen LogP contribution in [-0.4, -0.2) is 10.0 Å². The Balaban J connectivity index is 0.000000211. The summed E-state index contributed by atoms with van der Waals surface area (Å²) in [5.41, 5.74) is 9.22. The van der Waals surface area contributed by atoms with E-state index in [4.69, 9.17) is 0 Å². The molecule has 1 aromatic rings. The van der Waals surface area contributed by atoms with E-state index in [1.165, 1.54) is 33.8 Å². The van der Waals surface area contributed by atoms with Gasteiger partial charge in [0.05, 0.1) is 0 Å². The molecule has 4 rings (SSSR count). The van der Waals surface area contributed by atoms with Crippen LogP contribution in [0.1, 0.15) is 130 Å². The van der Waals surface area contributed by atoms with Crippen LogP contribution in [0.15, 0.2) is 53.1 Å². The molecule has 3 aliphatic rings. The molecule has 2 heteroatoms. The van der Waals surface area contributed by atoms with Crippen molar-refractivity contribution in [3.63, 3.8) is 0 Å². The summed E-state index contributed by atoms with van der Waals surface area (Å²) in [5.74, 6) is 0.987. The first kappa shape index (κ1) is 31.1. The van der Waals surface area contributed by atoms with Gasteiger partial charge in [-0.15, -0.1) is 0 Å². The Morgan fingerprint density at radius 1 is 0.921 bits per heavy atom. The SMILES string of the molecule is CC(C)C(=O)c1ccc2c(c1)C(C)(C)CCC2(C)C.CC[C](=[V])C1=CC2=C(C=CC1)C(C)(C)C(C)C2(C)C. The van der Waals surface area contributed by atoms with E-state index in [1.807, 2.05) is 19.9 Å². The van der Waals surface area contributed by atoms with Crippen molar-refractivity contribution < 1.29 is 21.8 Å². The molecule has 3 aliphatic carbocycles. The van der Waals surface area contributed by atoms with Gasteiger partial charge in [0, 0.05) is 11.5 Å². The Hall–Kier alpha value is -1.44. The third-order valence-electron chi connectivity index (χ3n) is 10.2. The molecule has 0 heterocycles. The van der Waals surface area contributed by atoms with E-state index < -0.39 is 0 Å².